The average molecular weight is 196 g/mol. The minimum absolute atomic E-state index is 0.101. The molecule has 82 valence electrons. The van der Waals surface area contributed by atoms with Crippen LogP contribution < -0.4 is 0 Å². The molecule has 0 heterocycles. The second kappa shape index (κ2) is 3.10. The fourth-order valence-electron chi connectivity index (χ4n) is 3.26. The number of hydrogen-bond donors (Lipinski definition) is 1. The second-order valence-corrected chi connectivity index (χ2v) is 6.13. The van der Waals surface area contributed by atoms with E-state index < -0.39 is 0 Å². The number of rotatable bonds is 2. The minimum atomic E-state index is -0.101. The Bertz CT molecular complexity index is 240. The topological polar surface area (TPSA) is 20.2 Å². The summed E-state index contributed by atoms with van der Waals surface area (Å²) >= 11 is 0. The Balaban J connectivity index is 3.19. The quantitative estimate of drug-likeness (QED) is 0.672. The van der Waals surface area contributed by atoms with E-state index in [4.69, 9.17) is 0 Å². The molecule has 1 heteroatoms. The Morgan fingerprint density at radius 3 is 2.00 bits per heavy atom. The van der Waals surface area contributed by atoms with Crippen LogP contribution in [-0.2, 0) is 0 Å². The third-order valence-corrected chi connectivity index (χ3v) is 4.98. The van der Waals surface area contributed by atoms with Crippen LogP contribution in [0.4, 0.5) is 0 Å². The highest BCUT2D eigenvalue weighted by Crippen LogP contribution is 2.63. The summed E-state index contributed by atoms with van der Waals surface area (Å²) in [5.41, 5.74) is 0.323. The van der Waals surface area contributed by atoms with Crippen LogP contribution in [0.15, 0.2) is 12.7 Å². The summed E-state index contributed by atoms with van der Waals surface area (Å²) in [4.78, 5) is 0. The maximum atomic E-state index is 9.63. The van der Waals surface area contributed by atoms with Crippen molar-refractivity contribution in [3.63, 3.8) is 0 Å². The van der Waals surface area contributed by atoms with E-state index in [0.29, 0.717) is 11.3 Å². The highest BCUT2D eigenvalue weighted by atomic mass is 16.3. The van der Waals surface area contributed by atoms with Crippen LogP contribution in [-0.4, -0.2) is 11.7 Å². The van der Waals surface area contributed by atoms with Gasteiger partial charge in [0.05, 0.1) is 6.61 Å². The van der Waals surface area contributed by atoms with Crippen molar-refractivity contribution in [1.29, 1.82) is 0 Å². The molecule has 1 nitrogen and oxygen atoms in total. The highest BCUT2D eigenvalue weighted by Gasteiger charge is 2.58. The van der Waals surface area contributed by atoms with Crippen LogP contribution in [0.25, 0.3) is 0 Å². The highest BCUT2D eigenvalue weighted by molar-refractivity contribution is 5.14. The van der Waals surface area contributed by atoms with E-state index >= 15 is 0 Å². The molecule has 0 aromatic rings. The molecule has 1 saturated carbocycles. The molecule has 1 rings (SSSR count). The first-order valence-corrected chi connectivity index (χ1v) is 5.48. The molecule has 0 aromatic carbocycles. The standard InChI is InChI=1S/C13H24O/c1-7-13(9-14)8-11(3,4)10(2)12(13,5)6/h7,10,14H,1,8-9H2,2-6H3. The fraction of sp³-hybridized carbons (Fsp3) is 0.846. The molecular weight excluding hydrogens is 172 g/mol. The van der Waals surface area contributed by atoms with Crippen LogP contribution in [0.3, 0.4) is 0 Å². The van der Waals surface area contributed by atoms with E-state index in [9.17, 15) is 5.11 Å². The lowest BCUT2D eigenvalue weighted by Gasteiger charge is -2.40. The average Bonchev–Trinajstić information content (AvgIpc) is 2.24. The second-order valence-electron chi connectivity index (χ2n) is 6.13. The van der Waals surface area contributed by atoms with E-state index in [1.54, 1.807) is 0 Å². The van der Waals surface area contributed by atoms with Gasteiger partial charge >= 0.3 is 0 Å². The normalized spacial score (nSPS) is 39.7. The van der Waals surface area contributed by atoms with Crippen LogP contribution >= 0.6 is 0 Å². The largest absolute Gasteiger partial charge is 0.395 e. The van der Waals surface area contributed by atoms with E-state index in [-0.39, 0.29) is 17.4 Å². The van der Waals surface area contributed by atoms with E-state index in [2.05, 4.69) is 41.2 Å². The maximum absolute atomic E-state index is 9.63. The summed E-state index contributed by atoms with van der Waals surface area (Å²) in [5, 5.41) is 9.63. The van der Waals surface area contributed by atoms with Crippen molar-refractivity contribution in [2.45, 2.75) is 41.0 Å². The molecule has 0 bridgehead atoms. The molecule has 1 N–H and O–H groups in total. The summed E-state index contributed by atoms with van der Waals surface area (Å²) in [7, 11) is 0. The molecule has 0 aliphatic heterocycles. The SMILES string of the molecule is C=CC1(CO)CC(C)(C)C(C)C1(C)C. The van der Waals surface area contributed by atoms with Gasteiger partial charge in [0.1, 0.15) is 0 Å². The Labute approximate surface area is 88.2 Å². The molecule has 1 fully saturated rings. The van der Waals surface area contributed by atoms with Crippen molar-refractivity contribution in [3.8, 4) is 0 Å². The van der Waals surface area contributed by atoms with Gasteiger partial charge in [-0.05, 0) is 23.2 Å². The Morgan fingerprint density at radius 1 is 1.36 bits per heavy atom. The molecule has 0 aromatic heterocycles. The molecule has 0 radical (unpaired) electrons. The van der Waals surface area contributed by atoms with Gasteiger partial charge < -0.3 is 5.11 Å². The van der Waals surface area contributed by atoms with Gasteiger partial charge in [-0.3, -0.25) is 0 Å². The number of aliphatic hydroxyl groups is 1. The molecule has 0 amide bonds. The van der Waals surface area contributed by atoms with Crippen molar-refractivity contribution in [2.75, 3.05) is 6.61 Å². The van der Waals surface area contributed by atoms with Gasteiger partial charge in [-0.1, -0.05) is 40.7 Å². The zero-order valence-electron chi connectivity index (χ0n) is 10.2. The number of aliphatic hydroxyl groups excluding tert-OH is 1. The third kappa shape index (κ3) is 1.25. The molecule has 0 saturated heterocycles. The van der Waals surface area contributed by atoms with E-state index in [0.717, 1.165) is 6.42 Å². The molecule has 1 aliphatic rings. The van der Waals surface area contributed by atoms with Gasteiger partial charge in [0.25, 0.3) is 0 Å². The van der Waals surface area contributed by atoms with Crippen molar-refractivity contribution in [1.82, 2.24) is 0 Å². The van der Waals surface area contributed by atoms with Crippen molar-refractivity contribution < 1.29 is 5.11 Å². The fourth-order valence-corrected chi connectivity index (χ4v) is 3.26. The van der Waals surface area contributed by atoms with E-state index in [1.807, 2.05) is 6.08 Å². The Hall–Kier alpha value is -0.300. The van der Waals surface area contributed by atoms with E-state index in [1.165, 1.54) is 0 Å². The zero-order chi connectivity index (χ0) is 11.2. The van der Waals surface area contributed by atoms with Gasteiger partial charge in [0.15, 0.2) is 0 Å². The predicted octanol–water partition coefficient (Wildman–Crippen LogP) is 3.24. The molecule has 2 unspecified atom stereocenters. The van der Waals surface area contributed by atoms with Crippen molar-refractivity contribution in [2.24, 2.45) is 22.2 Å². The lowest BCUT2D eigenvalue weighted by Crippen LogP contribution is -2.37. The number of hydrogen-bond acceptors (Lipinski definition) is 1. The summed E-state index contributed by atoms with van der Waals surface area (Å²) in [6, 6.07) is 0. The predicted molar refractivity (Wildman–Crippen MR) is 61.1 cm³/mol. The summed E-state index contributed by atoms with van der Waals surface area (Å²) in [6.07, 6.45) is 3.01. The molecule has 0 spiro atoms. The van der Waals surface area contributed by atoms with Crippen LogP contribution in [0.1, 0.15) is 41.0 Å². The van der Waals surface area contributed by atoms with Gasteiger partial charge in [0, 0.05) is 5.41 Å². The maximum Gasteiger partial charge on any atom is 0.0527 e. The monoisotopic (exact) mass is 196 g/mol. The first-order chi connectivity index (χ1) is 6.23. The zero-order valence-corrected chi connectivity index (χ0v) is 10.2. The van der Waals surface area contributed by atoms with Crippen LogP contribution in [0, 0.1) is 22.2 Å². The minimum Gasteiger partial charge on any atom is -0.395 e. The van der Waals surface area contributed by atoms with Crippen LogP contribution in [0.5, 0.6) is 0 Å². The van der Waals surface area contributed by atoms with Crippen LogP contribution in [0.2, 0.25) is 0 Å². The lowest BCUT2D eigenvalue weighted by atomic mass is 9.65. The van der Waals surface area contributed by atoms with Crippen molar-refractivity contribution in [3.05, 3.63) is 12.7 Å². The van der Waals surface area contributed by atoms with Gasteiger partial charge in [0.2, 0.25) is 0 Å². The first kappa shape index (κ1) is 11.8. The lowest BCUT2D eigenvalue weighted by molar-refractivity contribution is 0.0538. The van der Waals surface area contributed by atoms with Gasteiger partial charge in [-0.25, -0.2) is 0 Å². The molecule has 14 heavy (non-hydrogen) atoms. The smallest absolute Gasteiger partial charge is 0.0527 e. The molecule has 1 aliphatic carbocycles. The summed E-state index contributed by atoms with van der Waals surface area (Å²) in [6.45, 7) is 15.5. The summed E-state index contributed by atoms with van der Waals surface area (Å²) < 4.78 is 0. The van der Waals surface area contributed by atoms with Gasteiger partial charge in [-0.2, -0.15) is 0 Å². The third-order valence-electron chi connectivity index (χ3n) is 4.98. The molecular formula is C13H24O. The molecule has 2 atom stereocenters. The van der Waals surface area contributed by atoms with Gasteiger partial charge in [-0.15, -0.1) is 6.58 Å². The van der Waals surface area contributed by atoms with Crippen molar-refractivity contribution >= 4 is 0 Å². The Morgan fingerprint density at radius 2 is 1.86 bits per heavy atom. The Kier molecular flexibility index (Phi) is 2.60. The first-order valence-electron chi connectivity index (χ1n) is 5.48. The summed E-state index contributed by atoms with van der Waals surface area (Å²) in [5.74, 6) is 0.597.